The normalized spacial score (nSPS) is 26.1. The summed E-state index contributed by atoms with van der Waals surface area (Å²) >= 11 is 0. The molecule has 1 aromatic carbocycles. The number of nitrogens with zero attached hydrogens (tertiary/aromatic N) is 1. The van der Waals surface area contributed by atoms with Gasteiger partial charge in [-0.3, -0.25) is 24.1 Å². The van der Waals surface area contributed by atoms with Crippen molar-refractivity contribution in [1.29, 1.82) is 0 Å². The molecule has 8 N–H and O–H groups in total. The number of hydrogen-bond donors (Lipinski definition) is 7. The highest BCUT2D eigenvalue weighted by atomic mass is 19.1. The number of hydrogen-bond acceptors (Lipinski definition) is 10. The van der Waals surface area contributed by atoms with E-state index in [2.05, 4.69) is 10.6 Å². The number of benzene rings is 1. The fraction of sp³-hybridized carbons (Fsp3) is 0.500. The van der Waals surface area contributed by atoms with Gasteiger partial charge in [-0.2, -0.15) is 0 Å². The smallest absolute Gasteiger partial charge is 0.255 e. The lowest BCUT2D eigenvalue weighted by Crippen LogP contribution is -2.65. The van der Waals surface area contributed by atoms with Crippen LogP contribution in [0.1, 0.15) is 38.3 Å². The molecule has 13 heteroatoms. The topological polar surface area (TPSA) is 203 Å². The molecule has 41 heavy (non-hydrogen) atoms. The Morgan fingerprint density at radius 2 is 1.83 bits per heavy atom. The average Bonchev–Trinajstić information content (AvgIpc) is 2.83. The standard InChI is InChI=1S/C28H35FN4O8/c1-27(2,3)10-31-9-16(34)32-15-8-14(29)12-6-11-7-13-20(33(4)5)23(37)19(26(30)40)25(39)28(13,41)24(38)17(11)22(36)18(12)21(15)35/h8,11,13,20,31,35-36,39,41H,6-7,9-10H2,1-5H3,(H2,30,40)(H,32,34)/t11-,13-,20-,28-/m0/s1. The summed E-state index contributed by atoms with van der Waals surface area (Å²) in [6, 6.07) is -0.328. The number of nitrogens with two attached hydrogens (primary N) is 1. The molecular formula is C28H35FN4O8. The van der Waals surface area contributed by atoms with Crippen LogP contribution >= 0.6 is 0 Å². The second kappa shape index (κ2) is 10.2. The molecule has 3 aliphatic carbocycles. The third kappa shape index (κ3) is 4.87. The van der Waals surface area contributed by atoms with E-state index in [1.54, 1.807) is 0 Å². The predicted molar refractivity (Wildman–Crippen MR) is 145 cm³/mol. The number of fused-ring (bicyclic) bond motifs is 3. The highest BCUT2D eigenvalue weighted by Crippen LogP contribution is 2.53. The SMILES string of the molecule is CN(C)[C@@H]1C(=O)C(C(N)=O)=C(O)[C@@]2(O)C(=O)C3=C(O)c4c(O)c(NC(=O)CNCC(C)(C)C)cc(F)c4C[C@H]3C[C@@H]12. The number of Topliss-reactive ketones (excluding diaryl/α,β-unsaturated/α-hetero) is 2. The predicted octanol–water partition coefficient (Wildman–Crippen LogP) is 0.677. The van der Waals surface area contributed by atoms with Crippen molar-refractivity contribution in [1.82, 2.24) is 10.2 Å². The van der Waals surface area contributed by atoms with Gasteiger partial charge in [0.15, 0.2) is 17.1 Å². The van der Waals surface area contributed by atoms with Crippen LogP contribution < -0.4 is 16.4 Å². The Kier molecular flexibility index (Phi) is 7.52. The Morgan fingerprint density at radius 1 is 1.20 bits per heavy atom. The lowest BCUT2D eigenvalue weighted by atomic mass is 9.57. The number of anilines is 1. The maximum atomic E-state index is 15.4. The molecule has 0 unspecified atom stereocenters. The molecule has 0 aromatic heterocycles. The summed E-state index contributed by atoms with van der Waals surface area (Å²) in [5, 5.41) is 50.1. The molecule has 3 aliphatic rings. The monoisotopic (exact) mass is 574 g/mol. The molecule has 2 amide bonds. The molecule has 222 valence electrons. The zero-order valence-electron chi connectivity index (χ0n) is 23.5. The summed E-state index contributed by atoms with van der Waals surface area (Å²) in [5.41, 5.74) is 0.144. The zero-order valence-corrected chi connectivity index (χ0v) is 23.5. The van der Waals surface area contributed by atoms with Crippen molar-refractivity contribution in [3.8, 4) is 5.75 Å². The van der Waals surface area contributed by atoms with Gasteiger partial charge in [-0.05, 0) is 38.3 Å². The van der Waals surface area contributed by atoms with E-state index < -0.39 is 86.7 Å². The Labute approximate surface area is 235 Å². The van der Waals surface area contributed by atoms with Gasteiger partial charge in [0.1, 0.15) is 22.9 Å². The van der Waals surface area contributed by atoms with Gasteiger partial charge in [0, 0.05) is 29.7 Å². The number of amides is 2. The number of nitrogens with one attached hydrogen (secondary N) is 2. The number of primary amides is 1. The van der Waals surface area contributed by atoms with Gasteiger partial charge in [-0.15, -0.1) is 0 Å². The number of aromatic hydroxyl groups is 1. The minimum absolute atomic E-state index is 0.107. The van der Waals surface area contributed by atoms with Crippen LogP contribution in [0.5, 0.6) is 5.75 Å². The maximum absolute atomic E-state index is 15.4. The molecule has 12 nitrogen and oxygen atoms in total. The van der Waals surface area contributed by atoms with E-state index in [-0.39, 0.29) is 36.1 Å². The fourth-order valence-corrected chi connectivity index (χ4v) is 6.11. The second-order valence-corrected chi connectivity index (χ2v) is 12.3. The summed E-state index contributed by atoms with van der Waals surface area (Å²) in [6.45, 7) is 6.26. The quantitative estimate of drug-likeness (QED) is 0.187. The van der Waals surface area contributed by atoms with Crippen molar-refractivity contribution in [3.63, 3.8) is 0 Å². The van der Waals surface area contributed by atoms with E-state index in [0.29, 0.717) is 6.54 Å². The third-order valence-corrected chi connectivity index (χ3v) is 7.88. The van der Waals surface area contributed by atoms with E-state index in [9.17, 15) is 39.6 Å². The molecular weight excluding hydrogens is 539 g/mol. The summed E-state index contributed by atoms with van der Waals surface area (Å²) in [6.07, 6.45) is -0.362. The van der Waals surface area contributed by atoms with Gasteiger partial charge in [-0.1, -0.05) is 20.8 Å². The van der Waals surface area contributed by atoms with Crippen molar-refractivity contribution in [2.45, 2.75) is 45.3 Å². The molecule has 0 radical (unpaired) electrons. The van der Waals surface area contributed by atoms with Crippen molar-refractivity contribution in [2.24, 2.45) is 23.0 Å². The largest absolute Gasteiger partial charge is 0.508 e. The molecule has 1 fully saturated rings. The lowest BCUT2D eigenvalue weighted by molar-refractivity contribution is -0.153. The third-order valence-electron chi connectivity index (χ3n) is 7.88. The number of likely N-dealkylation sites (N-methyl/N-ethyl adjacent to an activating group) is 1. The number of aliphatic hydroxyl groups is 3. The molecule has 0 bridgehead atoms. The van der Waals surface area contributed by atoms with Crippen molar-refractivity contribution < 1.29 is 44.0 Å². The first kappa shape index (κ1) is 30.2. The fourth-order valence-electron chi connectivity index (χ4n) is 6.11. The summed E-state index contributed by atoms with van der Waals surface area (Å²) in [7, 11) is 2.97. The highest BCUT2D eigenvalue weighted by molar-refractivity contribution is 6.24. The van der Waals surface area contributed by atoms with Gasteiger partial charge in [0.05, 0.1) is 23.8 Å². The van der Waals surface area contributed by atoms with Gasteiger partial charge in [-0.25, -0.2) is 4.39 Å². The van der Waals surface area contributed by atoms with Crippen LogP contribution in [-0.2, 0) is 25.6 Å². The second-order valence-electron chi connectivity index (χ2n) is 12.3. The van der Waals surface area contributed by atoms with E-state index in [4.69, 9.17) is 5.73 Å². The maximum Gasteiger partial charge on any atom is 0.255 e. The van der Waals surface area contributed by atoms with Crippen LogP contribution in [0.15, 0.2) is 23.0 Å². The molecule has 0 aliphatic heterocycles. The Hall–Kier alpha value is -3.81. The molecule has 4 atom stereocenters. The van der Waals surface area contributed by atoms with E-state index in [0.717, 1.165) is 6.07 Å². The lowest BCUT2D eigenvalue weighted by Gasteiger charge is -2.50. The number of carbonyl (C=O) groups is 4. The zero-order chi connectivity index (χ0) is 30.8. The summed E-state index contributed by atoms with van der Waals surface area (Å²) in [4.78, 5) is 52.9. The van der Waals surface area contributed by atoms with Gasteiger partial charge < -0.3 is 36.8 Å². The van der Waals surface area contributed by atoms with Crippen LogP contribution in [0, 0.1) is 23.1 Å². The summed E-state index contributed by atoms with van der Waals surface area (Å²) < 4.78 is 15.4. The minimum atomic E-state index is -2.80. The number of aliphatic hydroxyl groups excluding tert-OH is 2. The van der Waals surface area contributed by atoms with Crippen molar-refractivity contribution >= 4 is 34.8 Å². The number of halogens is 1. The van der Waals surface area contributed by atoms with Crippen LogP contribution in [0.2, 0.25) is 0 Å². The number of rotatable bonds is 6. The van der Waals surface area contributed by atoms with Crippen LogP contribution in [0.25, 0.3) is 5.76 Å². The Morgan fingerprint density at radius 3 is 2.39 bits per heavy atom. The Bertz CT molecular complexity index is 1430. The first-order chi connectivity index (χ1) is 18.9. The number of phenolic OH excluding ortho intramolecular Hbond substituents is 1. The molecule has 0 saturated heterocycles. The van der Waals surface area contributed by atoms with E-state index in [1.807, 2.05) is 20.8 Å². The Balaban J connectivity index is 1.79. The number of carbonyl (C=O) groups excluding carboxylic acids is 4. The number of phenols is 1. The molecule has 4 rings (SSSR count). The van der Waals surface area contributed by atoms with Crippen molar-refractivity contribution in [2.75, 3.05) is 32.5 Å². The molecule has 1 saturated carbocycles. The molecule has 0 spiro atoms. The number of ketones is 2. The first-order valence-electron chi connectivity index (χ1n) is 13.1. The van der Waals surface area contributed by atoms with Gasteiger partial charge in [0.2, 0.25) is 11.7 Å². The molecule has 1 aromatic rings. The van der Waals surface area contributed by atoms with Gasteiger partial charge in [0.25, 0.3) is 5.91 Å². The first-order valence-corrected chi connectivity index (χ1v) is 13.1. The average molecular weight is 575 g/mol. The van der Waals surface area contributed by atoms with E-state index in [1.165, 1.54) is 19.0 Å². The van der Waals surface area contributed by atoms with Crippen molar-refractivity contribution in [3.05, 3.63) is 39.9 Å². The minimum Gasteiger partial charge on any atom is -0.508 e. The van der Waals surface area contributed by atoms with E-state index >= 15 is 4.39 Å². The van der Waals surface area contributed by atoms with Crippen LogP contribution in [0.3, 0.4) is 0 Å². The highest BCUT2D eigenvalue weighted by Gasteiger charge is 2.64. The van der Waals surface area contributed by atoms with Gasteiger partial charge >= 0.3 is 0 Å². The molecule has 0 heterocycles. The van der Waals surface area contributed by atoms with Crippen LogP contribution in [-0.4, -0.2) is 87.5 Å². The summed E-state index contributed by atoms with van der Waals surface area (Å²) in [5.74, 6) is -9.82. The van der Waals surface area contributed by atoms with Crippen LogP contribution in [0.4, 0.5) is 10.1 Å².